The van der Waals surface area contributed by atoms with Crippen molar-refractivity contribution in [1.82, 2.24) is 0 Å². The summed E-state index contributed by atoms with van der Waals surface area (Å²) in [5.41, 5.74) is 0.699. The van der Waals surface area contributed by atoms with Crippen molar-refractivity contribution in [3.63, 3.8) is 0 Å². The molecule has 0 aromatic rings. The monoisotopic (exact) mass is 332 g/mol. The van der Waals surface area contributed by atoms with Gasteiger partial charge in [0.25, 0.3) is 0 Å². The summed E-state index contributed by atoms with van der Waals surface area (Å²) in [7, 11) is 0. The second-order valence-electron chi connectivity index (χ2n) is 10.4. The highest BCUT2D eigenvalue weighted by atomic mass is 16.3. The van der Waals surface area contributed by atoms with Crippen LogP contribution in [0.4, 0.5) is 0 Å². The van der Waals surface area contributed by atoms with Gasteiger partial charge in [0.05, 0.1) is 6.10 Å². The molecule has 4 aliphatic rings. The van der Waals surface area contributed by atoms with Crippen molar-refractivity contribution in [2.75, 3.05) is 0 Å². The smallest absolute Gasteiger partial charge is 0.133 e. The Balaban J connectivity index is 1.66. The molecule has 24 heavy (non-hydrogen) atoms. The first-order valence-electron chi connectivity index (χ1n) is 10.5. The summed E-state index contributed by atoms with van der Waals surface area (Å²) >= 11 is 0. The van der Waals surface area contributed by atoms with E-state index in [0.717, 1.165) is 42.9 Å². The maximum Gasteiger partial charge on any atom is 0.133 e. The topological polar surface area (TPSA) is 37.3 Å². The molecule has 0 aliphatic heterocycles. The minimum atomic E-state index is -0.0609. The molecule has 0 heterocycles. The van der Waals surface area contributed by atoms with Crippen LogP contribution in [0.5, 0.6) is 0 Å². The first-order valence-corrected chi connectivity index (χ1v) is 10.5. The molecule has 2 nitrogen and oxygen atoms in total. The Morgan fingerprint density at radius 3 is 2.33 bits per heavy atom. The summed E-state index contributed by atoms with van der Waals surface area (Å²) in [5.74, 6) is 4.61. The Bertz CT molecular complexity index is 528. The molecule has 4 aliphatic carbocycles. The van der Waals surface area contributed by atoms with Gasteiger partial charge in [-0.1, -0.05) is 20.8 Å². The second kappa shape index (κ2) is 5.56. The van der Waals surface area contributed by atoms with Crippen molar-refractivity contribution in [1.29, 1.82) is 0 Å². The molecule has 4 fully saturated rings. The molecule has 9 atom stereocenters. The Morgan fingerprint density at radius 2 is 1.62 bits per heavy atom. The molecule has 0 spiro atoms. The number of aliphatic hydroxyl groups is 1. The standard InChI is InChI=1S/C22H36O2/c1-13-11-15-12-16(24)7-9-21(15,3)19-8-10-22(4)17(14(2)23)5-6-18(22)20(13)19/h13,15-20,24H,5-12H2,1-4H3/t13-,15+,16-,17-,18+,19+,20+,21+,22-/m1/s1. The van der Waals surface area contributed by atoms with Crippen LogP contribution >= 0.6 is 0 Å². The van der Waals surface area contributed by atoms with Gasteiger partial charge in [0.1, 0.15) is 5.78 Å². The lowest BCUT2D eigenvalue weighted by Gasteiger charge is -2.62. The minimum Gasteiger partial charge on any atom is -0.393 e. The quantitative estimate of drug-likeness (QED) is 0.746. The number of carbonyl (C=O) groups excluding carboxylic acids is 1. The van der Waals surface area contributed by atoms with Crippen LogP contribution in [-0.2, 0) is 4.79 Å². The fraction of sp³-hybridized carbons (Fsp3) is 0.955. The maximum absolute atomic E-state index is 12.2. The van der Waals surface area contributed by atoms with Gasteiger partial charge < -0.3 is 5.11 Å². The highest BCUT2D eigenvalue weighted by molar-refractivity contribution is 5.79. The molecule has 4 saturated carbocycles. The van der Waals surface area contributed by atoms with E-state index in [1.165, 1.54) is 32.1 Å². The van der Waals surface area contributed by atoms with E-state index >= 15 is 0 Å². The van der Waals surface area contributed by atoms with Crippen LogP contribution in [-0.4, -0.2) is 17.0 Å². The fourth-order valence-corrected chi connectivity index (χ4v) is 8.28. The van der Waals surface area contributed by atoms with Crippen molar-refractivity contribution in [3.8, 4) is 0 Å². The van der Waals surface area contributed by atoms with Crippen molar-refractivity contribution >= 4 is 5.78 Å². The molecule has 0 unspecified atom stereocenters. The van der Waals surface area contributed by atoms with Crippen LogP contribution in [0.1, 0.15) is 79.1 Å². The highest BCUT2D eigenvalue weighted by Crippen LogP contribution is 2.68. The van der Waals surface area contributed by atoms with Crippen LogP contribution in [0.25, 0.3) is 0 Å². The second-order valence-corrected chi connectivity index (χ2v) is 10.4. The first-order chi connectivity index (χ1) is 11.3. The van der Waals surface area contributed by atoms with Gasteiger partial charge in [0.2, 0.25) is 0 Å². The number of aliphatic hydroxyl groups excluding tert-OH is 1. The van der Waals surface area contributed by atoms with Crippen LogP contribution in [0.15, 0.2) is 0 Å². The molecule has 0 saturated heterocycles. The van der Waals surface area contributed by atoms with E-state index in [0.29, 0.717) is 23.0 Å². The fourth-order valence-electron chi connectivity index (χ4n) is 8.28. The van der Waals surface area contributed by atoms with Crippen LogP contribution < -0.4 is 0 Å². The normalized spacial score (nSPS) is 57.0. The van der Waals surface area contributed by atoms with E-state index < -0.39 is 0 Å². The van der Waals surface area contributed by atoms with E-state index in [1.54, 1.807) is 0 Å². The predicted molar refractivity (Wildman–Crippen MR) is 96.5 cm³/mol. The number of rotatable bonds is 1. The molecule has 0 aromatic heterocycles. The molecular weight excluding hydrogens is 296 g/mol. The van der Waals surface area contributed by atoms with Gasteiger partial charge in [-0.3, -0.25) is 4.79 Å². The largest absolute Gasteiger partial charge is 0.393 e. The Kier molecular flexibility index (Phi) is 3.95. The average molecular weight is 333 g/mol. The minimum absolute atomic E-state index is 0.0609. The molecule has 136 valence electrons. The highest BCUT2D eigenvalue weighted by Gasteiger charge is 2.62. The SMILES string of the molecule is CC(=O)[C@H]1CC[C@H]2[C@@H]3[C@H](C)C[C@H]4C[C@H](O)CC[C@]4(C)[C@H]3CC[C@]12C. The molecule has 1 N–H and O–H groups in total. The van der Waals surface area contributed by atoms with Crippen LogP contribution in [0, 0.1) is 46.3 Å². The van der Waals surface area contributed by atoms with Gasteiger partial charge in [-0.25, -0.2) is 0 Å². The van der Waals surface area contributed by atoms with Crippen LogP contribution in [0.3, 0.4) is 0 Å². The van der Waals surface area contributed by atoms with Gasteiger partial charge in [-0.2, -0.15) is 0 Å². The lowest BCUT2D eigenvalue weighted by molar-refractivity contribution is -0.152. The van der Waals surface area contributed by atoms with E-state index in [-0.39, 0.29) is 11.5 Å². The predicted octanol–water partition coefficient (Wildman–Crippen LogP) is 4.84. The van der Waals surface area contributed by atoms with E-state index in [4.69, 9.17) is 0 Å². The molecule has 4 rings (SSSR count). The van der Waals surface area contributed by atoms with Gasteiger partial charge in [-0.15, -0.1) is 0 Å². The summed E-state index contributed by atoms with van der Waals surface area (Å²) in [6.07, 6.45) is 9.45. The summed E-state index contributed by atoms with van der Waals surface area (Å²) in [4.78, 5) is 12.2. The zero-order chi connectivity index (χ0) is 17.3. The third-order valence-electron chi connectivity index (χ3n) is 9.49. The summed E-state index contributed by atoms with van der Waals surface area (Å²) in [6, 6.07) is 0. The maximum atomic E-state index is 12.2. The number of Topliss-reactive ketones (excluding diaryl/α,β-unsaturated/α-hetero) is 1. The Morgan fingerprint density at radius 1 is 0.958 bits per heavy atom. The molecule has 0 amide bonds. The molecular formula is C22H36O2. The average Bonchev–Trinajstić information content (AvgIpc) is 2.86. The molecule has 0 aromatic carbocycles. The van der Waals surface area contributed by atoms with Gasteiger partial charge >= 0.3 is 0 Å². The summed E-state index contributed by atoms with van der Waals surface area (Å²) < 4.78 is 0. The third kappa shape index (κ3) is 2.20. The van der Waals surface area contributed by atoms with Crippen molar-refractivity contribution < 1.29 is 9.90 Å². The number of carbonyl (C=O) groups is 1. The van der Waals surface area contributed by atoms with E-state index in [2.05, 4.69) is 20.8 Å². The summed E-state index contributed by atoms with van der Waals surface area (Å²) in [5, 5.41) is 10.2. The zero-order valence-corrected chi connectivity index (χ0v) is 16.1. The van der Waals surface area contributed by atoms with Gasteiger partial charge in [-0.05, 0) is 98.7 Å². The number of hydrogen-bond acceptors (Lipinski definition) is 2. The Hall–Kier alpha value is -0.370. The van der Waals surface area contributed by atoms with Crippen molar-refractivity contribution in [2.24, 2.45) is 46.3 Å². The van der Waals surface area contributed by atoms with Gasteiger partial charge in [0, 0.05) is 5.92 Å². The lowest BCUT2D eigenvalue weighted by Crippen LogP contribution is -2.56. The summed E-state index contributed by atoms with van der Waals surface area (Å²) in [6.45, 7) is 9.30. The van der Waals surface area contributed by atoms with Crippen molar-refractivity contribution in [2.45, 2.75) is 85.2 Å². The Labute approximate surface area is 147 Å². The van der Waals surface area contributed by atoms with Gasteiger partial charge in [0.15, 0.2) is 0 Å². The zero-order valence-electron chi connectivity index (χ0n) is 16.1. The number of fused-ring (bicyclic) bond motifs is 5. The third-order valence-corrected chi connectivity index (χ3v) is 9.49. The lowest BCUT2D eigenvalue weighted by atomic mass is 9.42. The van der Waals surface area contributed by atoms with Crippen LogP contribution in [0.2, 0.25) is 0 Å². The number of hydrogen-bond donors (Lipinski definition) is 1. The molecule has 0 bridgehead atoms. The number of ketones is 1. The first kappa shape index (κ1) is 17.1. The van der Waals surface area contributed by atoms with E-state index in [1.807, 2.05) is 6.92 Å². The van der Waals surface area contributed by atoms with Crippen molar-refractivity contribution in [3.05, 3.63) is 0 Å². The molecule has 2 heteroatoms. The molecule has 0 radical (unpaired) electrons. The van der Waals surface area contributed by atoms with E-state index in [9.17, 15) is 9.90 Å².